The van der Waals surface area contributed by atoms with Gasteiger partial charge in [-0.25, -0.2) is 0 Å². The van der Waals surface area contributed by atoms with E-state index in [0.717, 1.165) is 38.9 Å². The minimum Gasteiger partial charge on any atom is -0.506 e. The average Bonchev–Trinajstić information content (AvgIpc) is 3.06. The fourth-order valence-electron chi connectivity index (χ4n) is 3.67. The second-order valence-corrected chi connectivity index (χ2v) is 8.12. The third-order valence-corrected chi connectivity index (χ3v) is 5.91. The van der Waals surface area contributed by atoms with Gasteiger partial charge in [-0.05, 0) is 51.1 Å². The number of amides is 1. The lowest BCUT2D eigenvalue weighted by atomic mass is 10.0. The monoisotopic (exact) mass is 377 g/mol. The molecule has 1 aliphatic heterocycles. The Balaban J connectivity index is 1.86. The van der Waals surface area contributed by atoms with Crippen LogP contribution in [0.1, 0.15) is 56.4 Å². The Labute approximate surface area is 157 Å². The van der Waals surface area contributed by atoms with E-state index in [2.05, 4.69) is 17.1 Å². The minimum absolute atomic E-state index is 0.0417. The fraction of sp³-hybridized carbons (Fsp3) is 0.579. The highest BCUT2D eigenvalue weighted by atomic mass is 32.1. The Morgan fingerprint density at radius 2 is 2.08 bits per heavy atom. The van der Waals surface area contributed by atoms with Crippen molar-refractivity contribution in [2.75, 3.05) is 19.6 Å². The van der Waals surface area contributed by atoms with Gasteiger partial charge in [0.05, 0.1) is 5.39 Å². The number of nitrogens with one attached hydrogen (secondary N) is 1. The van der Waals surface area contributed by atoms with Crippen LogP contribution in [0.4, 0.5) is 0 Å². The average molecular weight is 378 g/mol. The van der Waals surface area contributed by atoms with Gasteiger partial charge >= 0.3 is 0 Å². The topological polar surface area (TPSA) is 74.6 Å². The van der Waals surface area contributed by atoms with Gasteiger partial charge in [-0.3, -0.25) is 14.2 Å². The van der Waals surface area contributed by atoms with Crippen molar-refractivity contribution in [3.63, 3.8) is 0 Å². The molecule has 3 heterocycles. The first-order valence-corrected chi connectivity index (χ1v) is 10.2. The number of aromatic nitrogens is 1. The SMILES string of the molecule is CCCN1CCC(NC(=O)c2c(O)c3ccsc3n(C(C)C)c2=O)CC1. The molecule has 0 unspecified atom stereocenters. The number of fused-ring (bicyclic) bond motifs is 1. The predicted molar refractivity (Wildman–Crippen MR) is 105 cm³/mol. The van der Waals surface area contributed by atoms with Gasteiger partial charge in [-0.1, -0.05) is 6.92 Å². The molecule has 2 N–H and O–H groups in total. The van der Waals surface area contributed by atoms with Crippen LogP contribution in [-0.4, -0.2) is 46.2 Å². The van der Waals surface area contributed by atoms with E-state index in [4.69, 9.17) is 0 Å². The molecule has 6 nitrogen and oxygen atoms in total. The van der Waals surface area contributed by atoms with Crippen molar-refractivity contribution in [3.8, 4) is 5.75 Å². The molecular formula is C19H27N3O3S. The first kappa shape index (κ1) is 18.9. The smallest absolute Gasteiger partial charge is 0.268 e. The number of thiophene rings is 1. The highest BCUT2D eigenvalue weighted by Crippen LogP contribution is 2.31. The zero-order chi connectivity index (χ0) is 18.8. The van der Waals surface area contributed by atoms with Crippen LogP contribution in [-0.2, 0) is 0 Å². The summed E-state index contributed by atoms with van der Waals surface area (Å²) in [6.45, 7) is 8.95. The summed E-state index contributed by atoms with van der Waals surface area (Å²) in [4.78, 5) is 28.8. The van der Waals surface area contributed by atoms with Crippen LogP contribution in [0, 0.1) is 0 Å². The third kappa shape index (κ3) is 3.50. The lowest BCUT2D eigenvalue weighted by Gasteiger charge is -2.32. The number of likely N-dealkylation sites (tertiary alicyclic amines) is 1. The number of hydrogen-bond donors (Lipinski definition) is 2. The Bertz CT molecular complexity index is 848. The summed E-state index contributed by atoms with van der Waals surface area (Å²) < 4.78 is 1.60. The van der Waals surface area contributed by atoms with Crippen LogP contribution in [0.2, 0.25) is 0 Å². The van der Waals surface area contributed by atoms with Crippen molar-refractivity contribution >= 4 is 27.5 Å². The van der Waals surface area contributed by atoms with Gasteiger partial charge in [0.15, 0.2) is 0 Å². The predicted octanol–water partition coefficient (Wildman–Crippen LogP) is 2.95. The number of carbonyl (C=O) groups is 1. The van der Waals surface area contributed by atoms with E-state index in [1.807, 2.05) is 19.2 Å². The van der Waals surface area contributed by atoms with Crippen LogP contribution in [0.5, 0.6) is 5.75 Å². The lowest BCUT2D eigenvalue weighted by Crippen LogP contribution is -2.46. The molecule has 1 amide bonds. The zero-order valence-electron chi connectivity index (χ0n) is 15.6. The van der Waals surface area contributed by atoms with Gasteiger partial charge in [0.1, 0.15) is 16.1 Å². The molecule has 0 bridgehead atoms. The fourth-order valence-corrected chi connectivity index (χ4v) is 4.70. The molecule has 1 fully saturated rings. The molecule has 2 aromatic heterocycles. The Morgan fingerprint density at radius 1 is 1.38 bits per heavy atom. The van der Waals surface area contributed by atoms with Gasteiger partial charge in [-0.15, -0.1) is 11.3 Å². The number of nitrogens with zero attached hydrogens (tertiary/aromatic N) is 2. The lowest BCUT2D eigenvalue weighted by molar-refractivity contribution is 0.0906. The molecule has 0 spiro atoms. The summed E-state index contributed by atoms with van der Waals surface area (Å²) in [5, 5.41) is 15.9. The molecule has 26 heavy (non-hydrogen) atoms. The Morgan fingerprint density at radius 3 is 2.69 bits per heavy atom. The number of pyridine rings is 1. The molecule has 3 rings (SSSR count). The maximum absolute atomic E-state index is 12.9. The van der Waals surface area contributed by atoms with E-state index < -0.39 is 11.5 Å². The van der Waals surface area contributed by atoms with Crippen molar-refractivity contribution in [1.29, 1.82) is 0 Å². The van der Waals surface area contributed by atoms with Gasteiger partial charge in [0, 0.05) is 25.2 Å². The summed E-state index contributed by atoms with van der Waals surface area (Å²) in [5.41, 5.74) is -0.561. The second-order valence-electron chi connectivity index (χ2n) is 7.22. The van der Waals surface area contributed by atoms with E-state index in [1.165, 1.54) is 11.3 Å². The van der Waals surface area contributed by atoms with Crippen molar-refractivity contribution in [1.82, 2.24) is 14.8 Å². The van der Waals surface area contributed by atoms with Crippen molar-refractivity contribution in [2.24, 2.45) is 0 Å². The van der Waals surface area contributed by atoms with Crippen molar-refractivity contribution in [3.05, 3.63) is 27.4 Å². The van der Waals surface area contributed by atoms with Crippen LogP contribution in [0.15, 0.2) is 16.2 Å². The first-order valence-electron chi connectivity index (χ1n) is 9.31. The summed E-state index contributed by atoms with van der Waals surface area (Å²) >= 11 is 1.40. The first-order chi connectivity index (χ1) is 12.4. The van der Waals surface area contributed by atoms with Gasteiger partial charge in [0.25, 0.3) is 11.5 Å². The van der Waals surface area contributed by atoms with Crippen molar-refractivity contribution in [2.45, 2.75) is 52.1 Å². The number of carbonyl (C=O) groups excluding carboxylic acids is 1. The van der Waals surface area contributed by atoms with E-state index >= 15 is 0 Å². The number of aromatic hydroxyl groups is 1. The highest BCUT2D eigenvalue weighted by molar-refractivity contribution is 7.16. The molecule has 142 valence electrons. The zero-order valence-corrected chi connectivity index (χ0v) is 16.4. The molecule has 7 heteroatoms. The molecule has 0 atom stereocenters. The molecular weight excluding hydrogens is 350 g/mol. The van der Waals surface area contributed by atoms with E-state index in [-0.39, 0.29) is 23.4 Å². The summed E-state index contributed by atoms with van der Waals surface area (Å²) in [5.74, 6) is -0.673. The maximum Gasteiger partial charge on any atom is 0.268 e. The van der Waals surface area contributed by atoms with E-state index in [1.54, 1.807) is 10.6 Å². The van der Waals surface area contributed by atoms with Gasteiger partial charge < -0.3 is 15.3 Å². The van der Waals surface area contributed by atoms with E-state index in [9.17, 15) is 14.7 Å². The summed E-state index contributed by atoms with van der Waals surface area (Å²) in [7, 11) is 0. The summed E-state index contributed by atoms with van der Waals surface area (Å²) in [6.07, 6.45) is 2.86. The maximum atomic E-state index is 12.9. The molecule has 0 aromatic carbocycles. The van der Waals surface area contributed by atoms with E-state index in [0.29, 0.717) is 10.2 Å². The van der Waals surface area contributed by atoms with Gasteiger partial charge in [-0.2, -0.15) is 0 Å². The molecule has 1 aliphatic rings. The Hall–Kier alpha value is -1.86. The quantitative estimate of drug-likeness (QED) is 0.840. The van der Waals surface area contributed by atoms with Crippen LogP contribution in [0.25, 0.3) is 10.2 Å². The molecule has 0 saturated carbocycles. The molecule has 1 saturated heterocycles. The largest absolute Gasteiger partial charge is 0.506 e. The Kier molecular flexibility index (Phi) is 5.67. The standard InChI is InChI=1S/C19H27N3O3S/c1-4-8-21-9-5-13(6-10-21)20-17(24)15-16(23)14-7-11-26-19(14)22(12(2)3)18(15)25/h7,11-13,23H,4-6,8-10H2,1-3H3,(H,20,24). The summed E-state index contributed by atoms with van der Waals surface area (Å²) in [6, 6.07) is 1.71. The van der Waals surface area contributed by atoms with Crippen LogP contribution in [0.3, 0.4) is 0 Å². The van der Waals surface area contributed by atoms with Crippen LogP contribution >= 0.6 is 11.3 Å². The number of rotatable bonds is 5. The van der Waals surface area contributed by atoms with Crippen molar-refractivity contribution < 1.29 is 9.90 Å². The normalized spacial score (nSPS) is 16.5. The second kappa shape index (κ2) is 7.80. The highest BCUT2D eigenvalue weighted by Gasteiger charge is 2.27. The van der Waals surface area contributed by atoms with Gasteiger partial charge in [0.2, 0.25) is 0 Å². The van der Waals surface area contributed by atoms with Crippen LogP contribution < -0.4 is 10.9 Å². The molecule has 0 radical (unpaired) electrons. The minimum atomic E-state index is -0.469. The molecule has 0 aliphatic carbocycles. The molecule has 2 aromatic rings. The number of piperidine rings is 1. The third-order valence-electron chi connectivity index (χ3n) is 4.99. The number of hydrogen-bond acceptors (Lipinski definition) is 5.